The number of carboxylic acids is 1. The zero-order valence-corrected chi connectivity index (χ0v) is 13.5. The van der Waals surface area contributed by atoms with Crippen LogP contribution < -0.4 is 5.32 Å². The smallest absolute Gasteiger partial charge is 0.310 e. The average molecular weight is 349 g/mol. The monoisotopic (exact) mass is 347 g/mol. The lowest BCUT2D eigenvalue weighted by Gasteiger charge is -2.27. The molecule has 1 aromatic carbocycles. The summed E-state index contributed by atoms with van der Waals surface area (Å²) >= 11 is 9.36. The summed E-state index contributed by atoms with van der Waals surface area (Å²) in [5.41, 5.74) is 0.360. The van der Waals surface area contributed by atoms with E-state index in [4.69, 9.17) is 11.6 Å². The molecule has 3 nitrogen and oxygen atoms in total. The highest BCUT2D eigenvalue weighted by molar-refractivity contribution is 9.10. The first-order valence-electron chi connectivity index (χ1n) is 6.33. The molecule has 0 aromatic heterocycles. The van der Waals surface area contributed by atoms with E-state index in [1.54, 1.807) is 0 Å². The van der Waals surface area contributed by atoms with Crippen molar-refractivity contribution in [3.63, 3.8) is 0 Å². The molecule has 0 fully saturated rings. The van der Waals surface area contributed by atoms with Crippen LogP contribution in [0.1, 0.15) is 32.3 Å². The summed E-state index contributed by atoms with van der Waals surface area (Å²) in [5.74, 6) is -0.737. The van der Waals surface area contributed by atoms with Gasteiger partial charge in [0.1, 0.15) is 0 Å². The quantitative estimate of drug-likeness (QED) is 0.780. The molecular formula is C14H19BrClNO2. The normalized spacial score (nSPS) is 11.6. The fourth-order valence-corrected chi connectivity index (χ4v) is 2.42. The van der Waals surface area contributed by atoms with Gasteiger partial charge in [0.25, 0.3) is 0 Å². The Labute approximate surface area is 127 Å². The SMILES string of the molecule is CCC(CC)(CNCc1ccc(Br)c(Cl)c1)C(=O)O. The van der Waals surface area contributed by atoms with E-state index >= 15 is 0 Å². The summed E-state index contributed by atoms with van der Waals surface area (Å²) in [6.45, 7) is 4.90. The lowest BCUT2D eigenvalue weighted by molar-refractivity contribution is -0.149. The Kier molecular flexibility index (Phi) is 6.30. The third kappa shape index (κ3) is 4.20. The Morgan fingerprint density at radius 1 is 1.42 bits per heavy atom. The molecule has 1 rings (SSSR count). The molecule has 0 spiro atoms. The van der Waals surface area contributed by atoms with E-state index in [1.807, 2.05) is 32.0 Å². The van der Waals surface area contributed by atoms with Gasteiger partial charge in [0.2, 0.25) is 0 Å². The molecule has 0 bridgehead atoms. The first-order valence-corrected chi connectivity index (χ1v) is 7.50. The fourth-order valence-electron chi connectivity index (χ4n) is 1.97. The molecule has 19 heavy (non-hydrogen) atoms. The molecule has 1 aromatic rings. The maximum Gasteiger partial charge on any atom is 0.310 e. The summed E-state index contributed by atoms with van der Waals surface area (Å²) < 4.78 is 0.861. The predicted molar refractivity (Wildman–Crippen MR) is 81.5 cm³/mol. The predicted octanol–water partition coefficient (Wildman–Crippen LogP) is 4.08. The summed E-state index contributed by atoms with van der Waals surface area (Å²) in [4.78, 5) is 11.4. The van der Waals surface area contributed by atoms with Gasteiger partial charge < -0.3 is 10.4 Å². The van der Waals surface area contributed by atoms with Crippen molar-refractivity contribution in [3.05, 3.63) is 33.3 Å². The first kappa shape index (κ1) is 16.5. The molecular weight excluding hydrogens is 330 g/mol. The van der Waals surface area contributed by atoms with Gasteiger partial charge in [0.05, 0.1) is 10.4 Å². The molecule has 0 radical (unpaired) electrons. The fraction of sp³-hybridized carbons (Fsp3) is 0.500. The van der Waals surface area contributed by atoms with E-state index in [9.17, 15) is 9.90 Å². The minimum Gasteiger partial charge on any atom is -0.481 e. The Balaban J connectivity index is 2.61. The van der Waals surface area contributed by atoms with E-state index in [1.165, 1.54) is 0 Å². The molecule has 2 N–H and O–H groups in total. The second-order valence-electron chi connectivity index (χ2n) is 4.64. The van der Waals surface area contributed by atoms with Crippen molar-refractivity contribution in [1.82, 2.24) is 5.32 Å². The van der Waals surface area contributed by atoms with Gasteiger partial charge in [-0.2, -0.15) is 0 Å². The van der Waals surface area contributed by atoms with Crippen LogP contribution in [0.15, 0.2) is 22.7 Å². The Bertz CT molecular complexity index is 447. The minimum absolute atomic E-state index is 0.461. The van der Waals surface area contributed by atoms with Crippen LogP contribution in [-0.4, -0.2) is 17.6 Å². The highest BCUT2D eigenvalue weighted by Crippen LogP contribution is 2.26. The second-order valence-corrected chi connectivity index (χ2v) is 5.91. The van der Waals surface area contributed by atoms with Crippen LogP contribution in [0.25, 0.3) is 0 Å². The third-order valence-corrected chi connectivity index (χ3v) is 4.82. The second kappa shape index (κ2) is 7.27. The number of rotatable bonds is 7. The topological polar surface area (TPSA) is 49.3 Å². The molecule has 106 valence electrons. The Morgan fingerprint density at radius 3 is 2.53 bits per heavy atom. The number of benzene rings is 1. The van der Waals surface area contributed by atoms with E-state index < -0.39 is 11.4 Å². The van der Waals surface area contributed by atoms with Crippen molar-refractivity contribution in [2.75, 3.05) is 6.54 Å². The summed E-state index contributed by atoms with van der Waals surface area (Å²) in [5, 5.41) is 13.2. The largest absolute Gasteiger partial charge is 0.481 e. The molecule has 0 saturated heterocycles. The van der Waals surface area contributed by atoms with E-state index in [0.717, 1.165) is 10.0 Å². The van der Waals surface area contributed by atoms with Gasteiger partial charge in [-0.1, -0.05) is 31.5 Å². The number of nitrogens with one attached hydrogen (secondary N) is 1. The standard InChI is InChI=1S/C14H19BrClNO2/c1-3-14(4-2,13(18)19)9-17-8-10-5-6-11(15)12(16)7-10/h5-7,17H,3-4,8-9H2,1-2H3,(H,18,19). The van der Waals surface area contributed by atoms with Crippen LogP contribution in [0.2, 0.25) is 5.02 Å². The Hall–Kier alpha value is -0.580. The average Bonchev–Trinajstić information content (AvgIpc) is 2.39. The van der Waals surface area contributed by atoms with Crippen molar-refractivity contribution in [2.24, 2.45) is 5.41 Å². The van der Waals surface area contributed by atoms with Gasteiger partial charge in [-0.15, -0.1) is 0 Å². The molecule has 0 atom stereocenters. The van der Waals surface area contributed by atoms with E-state index in [2.05, 4.69) is 21.2 Å². The zero-order chi connectivity index (χ0) is 14.5. The number of halogens is 2. The molecule has 0 unspecified atom stereocenters. The van der Waals surface area contributed by atoms with Crippen molar-refractivity contribution in [1.29, 1.82) is 0 Å². The van der Waals surface area contributed by atoms with Crippen LogP contribution in [0.4, 0.5) is 0 Å². The van der Waals surface area contributed by atoms with E-state index in [-0.39, 0.29) is 0 Å². The number of hydrogen-bond donors (Lipinski definition) is 2. The van der Waals surface area contributed by atoms with Crippen molar-refractivity contribution in [3.8, 4) is 0 Å². The lowest BCUT2D eigenvalue weighted by Crippen LogP contribution is -2.40. The molecule has 0 saturated carbocycles. The van der Waals surface area contributed by atoms with E-state index in [0.29, 0.717) is 31.0 Å². The van der Waals surface area contributed by atoms with Crippen molar-refractivity contribution < 1.29 is 9.90 Å². The van der Waals surface area contributed by atoms with Crippen LogP contribution in [-0.2, 0) is 11.3 Å². The van der Waals surface area contributed by atoms with Crippen LogP contribution in [0, 0.1) is 5.41 Å². The molecule has 0 heterocycles. The number of aliphatic carboxylic acids is 1. The molecule has 5 heteroatoms. The third-order valence-electron chi connectivity index (χ3n) is 3.58. The van der Waals surface area contributed by atoms with Gasteiger partial charge in [0, 0.05) is 17.6 Å². The van der Waals surface area contributed by atoms with Crippen LogP contribution in [0.3, 0.4) is 0 Å². The number of hydrogen-bond acceptors (Lipinski definition) is 2. The maximum absolute atomic E-state index is 11.4. The molecule has 0 aliphatic heterocycles. The highest BCUT2D eigenvalue weighted by atomic mass is 79.9. The number of carboxylic acid groups (broad SMARTS) is 1. The molecule has 0 aliphatic carbocycles. The van der Waals surface area contributed by atoms with Crippen molar-refractivity contribution >= 4 is 33.5 Å². The highest BCUT2D eigenvalue weighted by Gasteiger charge is 2.34. The summed E-state index contributed by atoms with van der Waals surface area (Å²) in [6, 6.07) is 5.73. The first-order chi connectivity index (χ1) is 8.95. The number of carbonyl (C=O) groups is 1. The zero-order valence-electron chi connectivity index (χ0n) is 11.2. The Morgan fingerprint density at radius 2 is 2.05 bits per heavy atom. The summed E-state index contributed by atoms with van der Waals surface area (Å²) in [7, 11) is 0. The van der Waals surface area contributed by atoms with Gasteiger partial charge in [-0.3, -0.25) is 4.79 Å². The van der Waals surface area contributed by atoms with Gasteiger partial charge >= 0.3 is 5.97 Å². The van der Waals surface area contributed by atoms with Crippen LogP contribution >= 0.6 is 27.5 Å². The van der Waals surface area contributed by atoms with Gasteiger partial charge in [0.15, 0.2) is 0 Å². The lowest BCUT2D eigenvalue weighted by atomic mass is 9.82. The maximum atomic E-state index is 11.4. The van der Waals surface area contributed by atoms with Crippen LogP contribution in [0.5, 0.6) is 0 Å². The van der Waals surface area contributed by atoms with Gasteiger partial charge in [-0.05, 0) is 46.5 Å². The van der Waals surface area contributed by atoms with Gasteiger partial charge in [-0.25, -0.2) is 0 Å². The summed E-state index contributed by atoms with van der Waals surface area (Å²) in [6.07, 6.45) is 1.24. The molecule has 0 aliphatic rings. The molecule has 0 amide bonds. The minimum atomic E-state index is -0.737. The van der Waals surface area contributed by atoms with Crippen molar-refractivity contribution in [2.45, 2.75) is 33.2 Å².